The minimum atomic E-state index is -0.742. The molecule has 0 bridgehead atoms. The van der Waals surface area contributed by atoms with Crippen LogP contribution in [0.1, 0.15) is 30.0 Å². The van der Waals surface area contributed by atoms with Crippen molar-refractivity contribution in [3.05, 3.63) is 59.2 Å². The van der Waals surface area contributed by atoms with Crippen LogP contribution in [0.4, 0.5) is 0 Å². The number of hydrogen-bond donors (Lipinski definition) is 1. The number of carbonyl (C=O) groups excluding carboxylic acids is 2. The third-order valence-corrected chi connectivity index (χ3v) is 6.21. The zero-order chi connectivity index (χ0) is 22.9. The van der Waals surface area contributed by atoms with Gasteiger partial charge in [-0.05, 0) is 48.7 Å². The van der Waals surface area contributed by atoms with Crippen LogP contribution in [-0.2, 0) is 14.3 Å². The lowest BCUT2D eigenvalue weighted by Crippen LogP contribution is -2.36. The van der Waals surface area contributed by atoms with Crippen LogP contribution in [-0.4, -0.2) is 61.3 Å². The number of likely N-dealkylation sites (tertiary alicyclic amines) is 1. The lowest BCUT2D eigenvalue weighted by Gasteiger charge is -2.27. The van der Waals surface area contributed by atoms with Crippen LogP contribution in [0.3, 0.4) is 0 Å². The monoisotopic (exact) mass is 451 g/mol. The molecule has 0 radical (unpaired) electrons. The zero-order valence-electron chi connectivity index (χ0n) is 18.3. The Morgan fingerprint density at radius 2 is 1.82 bits per heavy atom. The van der Waals surface area contributed by atoms with Crippen molar-refractivity contribution in [2.24, 2.45) is 0 Å². The lowest BCUT2D eigenvalue weighted by atomic mass is 9.95. The van der Waals surface area contributed by atoms with Crippen LogP contribution >= 0.6 is 0 Å². The quantitative estimate of drug-likeness (QED) is 0.424. The molecule has 2 saturated heterocycles. The number of aliphatic hydroxyl groups excluding tert-OH is 1. The Morgan fingerprint density at radius 1 is 1.06 bits per heavy atom. The number of amides is 1. The number of carbonyl (C=O) groups is 2. The summed E-state index contributed by atoms with van der Waals surface area (Å²) in [6.07, 6.45) is 1.60. The van der Waals surface area contributed by atoms with Gasteiger partial charge in [0.05, 0.1) is 24.8 Å². The third-order valence-electron chi connectivity index (χ3n) is 6.21. The molecule has 8 nitrogen and oxygen atoms in total. The van der Waals surface area contributed by atoms with Gasteiger partial charge in [0.2, 0.25) is 0 Å². The lowest BCUT2D eigenvalue weighted by molar-refractivity contribution is -0.140. The smallest absolute Gasteiger partial charge is 0.295 e. The number of rotatable bonds is 5. The van der Waals surface area contributed by atoms with Gasteiger partial charge in [-0.3, -0.25) is 9.59 Å². The number of fused-ring (bicyclic) bond motifs is 1. The van der Waals surface area contributed by atoms with Gasteiger partial charge in [-0.15, -0.1) is 0 Å². The van der Waals surface area contributed by atoms with Crippen LogP contribution in [0, 0.1) is 0 Å². The maximum atomic E-state index is 13.2. The summed E-state index contributed by atoms with van der Waals surface area (Å²) in [6.45, 7) is 1.76. The highest BCUT2D eigenvalue weighted by Crippen LogP contribution is 2.41. The van der Waals surface area contributed by atoms with Crippen molar-refractivity contribution in [1.82, 2.24) is 4.90 Å². The largest absolute Gasteiger partial charge is 0.507 e. The summed E-state index contributed by atoms with van der Waals surface area (Å²) in [4.78, 5) is 27.8. The Balaban J connectivity index is 1.59. The summed E-state index contributed by atoms with van der Waals surface area (Å²) in [5, 5.41) is 11.2. The van der Waals surface area contributed by atoms with E-state index in [1.54, 1.807) is 49.6 Å². The second-order valence-electron chi connectivity index (χ2n) is 8.22. The molecule has 33 heavy (non-hydrogen) atoms. The SMILES string of the molecule is COc1ccc(C2/C(=C(/O)c3ccc4c(c3)OCCO4)C(=O)C(=O)N2CC2CCCO2)cc1. The number of nitrogens with zero attached hydrogens (tertiary/aromatic N) is 1. The van der Waals surface area contributed by atoms with Crippen molar-refractivity contribution in [1.29, 1.82) is 0 Å². The van der Waals surface area contributed by atoms with E-state index in [0.29, 0.717) is 48.2 Å². The number of ether oxygens (including phenoxy) is 4. The van der Waals surface area contributed by atoms with E-state index in [1.807, 2.05) is 0 Å². The van der Waals surface area contributed by atoms with Crippen LogP contribution in [0.5, 0.6) is 17.2 Å². The summed E-state index contributed by atoms with van der Waals surface area (Å²) in [5.74, 6) is 0.0949. The number of hydrogen-bond acceptors (Lipinski definition) is 7. The molecule has 2 aromatic carbocycles. The van der Waals surface area contributed by atoms with Crippen molar-refractivity contribution < 1.29 is 33.6 Å². The molecule has 2 aromatic rings. The molecule has 0 aromatic heterocycles. The zero-order valence-corrected chi connectivity index (χ0v) is 18.3. The Morgan fingerprint density at radius 3 is 2.52 bits per heavy atom. The Bertz CT molecular complexity index is 1100. The first-order chi connectivity index (χ1) is 16.1. The highest BCUT2D eigenvalue weighted by Gasteiger charge is 2.47. The minimum Gasteiger partial charge on any atom is -0.507 e. The van der Waals surface area contributed by atoms with Gasteiger partial charge in [-0.2, -0.15) is 0 Å². The van der Waals surface area contributed by atoms with Crippen molar-refractivity contribution in [2.75, 3.05) is 33.5 Å². The topological polar surface area (TPSA) is 94.5 Å². The molecule has 0 saturated carbocycles. The fourth-order valence-corrected chi connectivity index (χ4v) is 4.55. The maximum absolute atomic E-state index is 13.2. The van der Waals surface area contributed by atoms with E-state index in [1.165, 1.54) is 4.90 Å². The molecule has 3 aliphatic heterocycles. The second-order valence-corrected chi connectivity index (χ2v) is 8.22. The first-order valence-electron chi connectivity index (χ1n) is 11.0. The Hall–Kier alpha value is -3.52. The number of methoxy groups -OCH3 is 1. The third kappa shape index (κ3) is 3.91. The van der Waals surface area contributed by atoms with E-state index in [0.717, 1.165) is 12.8 Å². The number of benzene rings is 2. The Labute approximate surface area is 191 Å². The van der Waals surface area contributed by atoms with Gasteiger partial charge < -0.3 is 29.0 Å². The highest BCUT2D eigenvalue weighted by atomic mass is 16.6. The molecule has 3 heterocycles. The second kappa shape index (κ2) is 8.78. The minimum absolute atomic E-state index is 0.0415. The first kappa shape index (κ1) is 21.3. The van der Waals surface area contributed by atoms with Gasteiger partial charge in [0.1, 0.15) is 24.7 Å². The van der Waals surface area contributed by atoms with E-state index in [2.05, 4.69) is 0 Å². The van der Waals surface area contributed by atoms with E-state index in [-0.39, 0.29) is 24.0 Å². The molecule has 2 atom stereocenters. The molecular formula is C25H25NO7. The van der Waals surface area contributed by atoms with Crippen LogP contribution in [0.2, 0.25) is 0 Å². The highest BCUT2D eigenvalue weighted by molar-refractivity contribution is 6.46. The number of aliphatic hydroxyl groups is 1. The summed E-state index contributed by atoms with van der Waals surface area (Å²) < 4.78 is 22.1. The van der Waals surface area contributed by atoms with Crippen molar-refractivity contribution >= 4 is 17.4 Å². The predicted octanol–water partition coefficient (Wildman–Crippen LogP) is 3.07. The Kier molecular flexibility index (Phi) is 5.68. The normalized spacial score (nSPS) is 23.7. The molecular weight excluding hydrogens is 426 g/mol. The van der Waals surface area contributed by atoms with Crippen molar-refractivity contribution in [3.8, 4) is 17.2 Å². The summed E-state index contributed by atoms with van der Waals surface area (Å²) in [7, 11) is 1.57. The van der Waals surface area contributed by atoms with Crippen molar-refractivity contribution in [2.45, 2.75) is 25.0 Å². The molecule has 0 aliphatic carbocycles. The molecule has 2 fully saturated rings. The standard InChI is InChI=1S/C25H25NO7/c1-30-17-7-4-15(5-8-17)22-21(24(28)25(29)26(22)14-18-3-2-10-31-18)23(27)16-6-9-19-20(13-16)33-12-11-32-19/h4-9,13,18,22,27H,2-3,10-12,14H2,1H3/b23-21-. The van der Waals surface area contributed by atoms with Gasteiger partial charge in [-0.25, -0.2) is 0 Å². The molecule has 172 valence electrons. The van der Waals surface area contributed by atoms with Gasteiger partial charge >= 0.3 is 0 Å². The number of Topliss-reactive ketones (excluding diaryl/α,β-unsaturated/α-hetero) is 1. The van der Waals surface area contributed by atoms with Crippen LogP contribution in [0.25, 0.3) is 5.76 Å². The van der Waals surface area contributed by atoms with E-state index >= 15 is 0 Å². The van der Waals surface area contributed by atoms with Gasteiger partial charge in [0.15, 0.2) is 11.5 Å². The fourth-order valence-electron chi connectivity index (χ4n) is 4.55. The van der Waals surface area contributed by atoms with Gasteiger partial charge in [0, 0.05) is 18.7 Å². The molecule has 1 amide bonds. The average molecular weight is 451 g/mol. The molecule has 3 aliphatic rings. The molecule has 8 heteroatoms. The maximum Gasteiger partial charge on any atom is 0.295 e. The first-order valence-corrected chi connectivity index (χ1v) is 11.0. The fraction of sp³-hybridized carbons (Fsp3) is 0.360. The molecule has 2 unspecified atom stereocenters. The van der Waals surface area contributed by atoms with Crippen molar-refractivity contribution in [3.63, 3.8) is 0 Å². The average Bonchev–Trinajstić information content (AvgIpc) is 3.46. The van der Waals surface area contributed by atoms with Crippen LogP contribution in [0.15, 0.2) is 48.0 Å². The van der Waals surface area contributed by atoms with Gasteiger partial charge in [-0.1, -0.05) is 12.1 Å². The van der Waals surface area contributed by atoms with E-state index < -0.39 is 17.7 Å². The van der Waals surface area contributed by atoms with E-state index in [9.17, 15) is 14.7 Å². The summed E-state index contributed by atoms with van der Waals surface area (Å²) >= 11 is 0. The summed E-state index contributed by atoms with van der Waals surface area (Å²) in [5.41, 5.74) is 1.12. The molecule has 0 spiro atoms. The predicted molar refractivity (Wildman–Crippen MR) is 118 cm³/mol. The number of ketones is 1. The van der Waals surface area contributed by atoms with Crippen LogP contribution < -0.4 is 14.2 Å². The molecule has 1 N–H and O–H groups in total. The van der Waals surface area contributed by atoms with E-state index in [4.69, 9.17) is 18.9 Å². The molecule has 5 rings (SSSR count). The summed E-state index contributed by atoms with van der Waals surface area (Å²) in [6, 6.07) is 11.4. The van der Waals surface area contributed by atoms with Gasteiger partial charge in [0.25, 0.3) is 11.7 Å².